The fourth-order valence-electron chi connectivity index (χ4n) is 4.38. The number of carbonyl (C=O) groups excluding carboxylic acids is 1. The van der Waals surface area contributed by atoms with Gasteiger partial charge >= 0.3 is 24.6 Å². The van der Waals surface area contributed by atoms with Gasteiger partial charge in [0.05, 0.1) is 17.5 Å². The van der Waals surface area contributed by atoms with Crippen LogP contribution in [0.5, 0.6) is 0 Å². The number of benzene rings is 2. The van der Waals surface area contributed by atoms with Crippen molar-refractivity contribution in [3.8, 4) is 17.2 Å². The standard InChI is InChI=1S/C25H25FN3O3.CH3.Li/c1-15-3-4-16(9-15)10-24(30)28-20(14-27)11-19-6-5-17(12-21(19)26)18-7-8-23-22(13-18)29(2)25(31)32-23;;/h5-8,10,12-13,15-16,20H,3-4,9,11H2,1-2H3,(H,28,30);1H3;/q2*-1;+1/t15-,16+,20+;;/m1../s1. The monoisotopic (exact) mass is 456 g/mol. The second-order valence-corrected chi connectivity index (χ2v) is 8.66. The van der Waals surface area contributed by atoms with Gasteiger partial charge in [-0.3, -0.25) is 4.57 Å². The van der Waals surface area contributed by atoms with Crippen LogP contribution in [0.25, 0.3) is 22.2 Å². The number of carbonyl (C=O) groups is 1. The molecule has 1 aliphatic carbocycles. The summed E-state index contributed by atoms with van der Waals surface area (Å²) in [7, 11) is 1.61. The molecule has 0 unspecified atom stereocenters. The Bertz CT molecular complexity index is 1260. The van der Waals surface area contributed by atoms with Crippen LogP contribution in [0.2, 0.25) is 0 Å². The average molecular weight is 456 g/mol. The van der Waals surface area contributed by atoms with Gasteiger partial charge in [0, 0.05) is 13.5 Å². The van der Waals surface area contributed by atoms with Crippen LogP contribution in [-0.2, 0) is 18.3 Å². The summed E-state index contributed by atoms with van der Waals surface area (Å²) in [6.07, 6.45) is 4.82. The van der Waals surface area contributed by atoms with E-state index >= 15 is 0 Å². The van der Waals surface area contributed by atoms with Gasteiger partial charge in [-0.1, -0.05) is 44.4 Å². The van der Waals surface area contributed by atoms with E-state index in [9.17, 15) is 19.2 Å². The summed E-state index contributed by atoms with van der Waals surface area (Å²) >= 11 is 0. The Labute approximate surface area is 211 Å². The Morgan fingerprint density at radius 3 is 2.65 bits per heavy atom. The number of oxazole rings is 1. The predicted octanol–water partition coefficient (Wildman–Crippen LogP) is 1.58. The van der Waals surface area contributed by atoms with Gasteiger partial charge < -0.3 is 28.4 Å². The molecule has 8 heteroatoms. The van der Waals surface area contributed by atoms with Crippen molar-refractivity contribution in [2.75, 3.05) is 0 Å². The van der Waals surface area contributed by atoms with Crippen molar-refractivity contribution in [1.82, 2.24) is 9.88 Å². The molecule has 6 nitrogen and oxygen atoms in total. The van der Waals surface area contributed by atoms with Crippen LogP contribution in [0.3, 0.4) is 0 Å². The number of rotatable bonds is 6. The summed E-state index contributed by atoms with van der Waals surface area (Å²) in [5.74, 6) is -0.323. The zero-order valence-corrected chi connectivity index (χ0v) is 20.1. The number of aromatic nitrogens is 1. The molecule has 0 radical (unpaired) electrons. The summed E-state index contributed by atoms with van der Waals surface area (Å²) in [6, 6.07) is 11.2. The fraction of sp³-hybridized carbons (Fsp3) is 0.346. The topological polar surface area (TPSA) is 88.0 Å². The van der Waals surface area contributed by atoms with Gasteiger partial charge in [-0.05, 0) is 40.8 Å². The number of nitrogens with one attached hydrogen (secondary N) is 1. The van der Waals surface area contributed by atoms with E-state index in [1.165, 1.54) is 10.6 Å². The maximum absolute atomic E-state index is 14.8. The number of amides is 1. The number of halogens is 1. The number of fused-ring (bicyclic) bond motifs is 1. The third kappa shape index (κ3) is 5.94. The van der Waals surface area contributed by atoms with Crippen molar-refractivity contribution in [2.45, 2.75) is 38.6 Å². The molecule has 1 saturated carbocycles. The molecule has 1 amide bonds. The first-order valence-electron chi connectivity index (χ1n) is 10.8. The first-order valence-corrected chi connectivity index (χ1v) is 10.8. The van der Waals surface area contributed by atoms with Crippen molar-refractivity contribution in [3.05, 3.63) is 72.2 Å². The minimum absolute atomic E-state index is 0. The molecule has 0 aliphatic heterocycles. The molecule has 34 heavy (non-hydrogen) atoms. The smallest absolute Gasteiger partial charge is 0.408 e. The molecule has 1 aromatic heterocycles. The van der Waals surface area contributed by atoms with Crippen LogP contribution in [-0.4, -0.2) is 16.5 Å². The Morgan fingerprint density at radius 1 is 1.29 bits per heavy atom. The van der Waals surface area contributed by atoms with Gasteiger partial charge in [-0.25, -0.2) is 9.18 Å². The normalized spacial score (nSPS) is 17.8. The van der Waals surface area contributed by atoms with Crippen LogP contribution in [0.4, 0.5) is 4.39 Å². The molecule has 0 spiro atoms. The zero-order chi connectivity index (χ0) is 22.8. The Morgan fingerprint density at radius 2 is 2.00 bits per heavy atom. The molecular formula is C26H28FLiN3O3-. The van der Waals surface area contributed by atoms with Crippen LogP contribution < -0.4 is 29.9 Å². The quantitative estimate of drug-likeness (QED) is 0.451. The Kier molecular flexibility index (Phi) is 9.21. The summed E-state index contributed by atoms with van der Waals surface area (Å²) in [5.41, 5.74) is 2.83. The minimum Gasteiger partial charge on any atom is -0.408 e. The van der Waals surface area contributed by atoms with E-state index in [1.807, 2.05) is 0 Å². The first kappa shape index (κ1) is 27.3. The predicted molar refractivity (Wildman–Crippen MR) is 125 cm³/mol. The van der Waals surface area contributed by atoms with Crippen molar-refractivity contribution >= 4 is 17.0 Å². The maximum Gasteiger partial charge on any atom is 1.00 e. The van der Waals surface area contributed by atoms with E-state index in [1.54, 1.807) is 43.8 Å². The molecule has 4 rings (SSSR count). The molecule has 3 aromatic rings. The van der Waals surface area contributed by atoms with E-state index in [-0.39, 0.29) is 44.5 Å². The number of nitriles is 1. The first-order chi connectivity index (χ1) is 15.3. The fourth-order valence-corrected chi connectivity index (χ4v) is 4.38. The third-order valence-electron chi connectivity index (χ3n) is 6.20. The van der Waals surface area contributed by atoms with Crippen LogP contribution in [0, 0.1) is 42.8 Å². The van der Waals surface area contributed by atoms with Gasteiger partial charge in [-0.15, -0.1) is 5.92 Å². The van der Waals surface area contributed by atoms with Crippen molar-refractivity contribution in [3.63, 3.8) is 0 Å². The average Bonchev–Trinajstić information content (AvgIpc) is 3.30. The molecule has 1 N–H and O–H groups in total. The largest absolute Gasteiger partial charge is 1.00 e. The van der Waals surface area contributed by atoms with Crippen molar-refractivity contribution in [2.24, 2.45) is 18.9 Å². The molecule has 0 bridgehead atoms. The summed E-state index contributed by atoms with van der Waals surface area (Å²) < 4.78 is 21.4. The van der Waals surface area contributed by atoms with Gasteiger partial charge in [0.2, 0.25) is 0 Å². The van der Waals surface area contributed by atoms with E-state index in [2.05, 4.69) is 18.3 Å². The van der Waals surface area contributed by atoms with Crippen molar-refractivity contribution in [1.29, 1.82) is 5.26 Å². The zero-order valence-electron chi connectivity index (χ0n) is 20.1. The number of hydrogen-bond acceptors (Lipinski definition) is 4. The van der Waals surface area contributed by atoms with Crippen molar-refractivity contribution < 1.29 is 32.5 Å². The SMILES string of the molecule is C[C@@H]1CC[C@H]([CH-]C(=O)N[C@H](C#N)Cc2ccc(-c3ccc4oc(=O)n(C)c4c3)cc2F)C1.[CH3-].[Li+]. The Balaban J connectivity index is 0.00000204. The van der Waals surface area contributed by atoms with E-state index < -0.39 is 17.6 Å². The minimum atomic E-state index is -0.810. The molecule has 1 fully saturated rings. The summed E-state index contributed by atoms with van der Waals surface area (Å²) in [4.78, 5) is 24.0. The molecule has 1 aliphatic rings. The number of aryl methyl sites for hydroxylation is 1. The second-order valence-electron chi connectivity index (χ2n) is 8.66. The maximum atomic E-state index is 14.8. The summed E-state index contributed by atoms with van der Waals surface area (Å²) in [6.45, 7) is 2.17. The molecule has 174 valence electrons. The molecule has 2 aromatic carbocycles. The van der Waals surface area contributed by atoms with Crippen LogP contribution in [0.1, 0.15) is 31.7 Å². The summed E-state index contributed by atoms with van der Waals surface area (Å²) in [5, 5.41) is 12.1. The van der Waals surface area contributed by atoms with E-state index in [0.29, 0.717) is 28.1 Å². The number of nitrogens with zero attached hydrogens (tertiary/aromatic N) is 2. The molecule has 1 heterocycles. The molecule has 3 atom stereocenters. The van der Waals surface area contributed by atoms with Gasteiger partial charge in [-0.2, -0.15) is 5.26 Å². The van der Waals surface area contributed by atoms with Gasteiger partial charge in [0.25, 0.3) is 0 Å². The van der Waals surface area contributed by atoms with Crippen LogP contribution >= 0.6 is 0 Å². The second kappa shape index (κ2) is 11.5. The van der Waals surface area contributed by atoms with E-state index in [0.717, 1.165) is 24.8 Å². The van der Waals surface area contributed by atoms with E-state index in [4.69, 9.17) is 4.42 Å². The van der Waals surface area contributed by atoms with Gasteiger partial charge in [0.15, 0.2) is 5.58 Å². The molecule has 0 saturated heterocycles. The molecular weight excluding hydrogens is 428 g/mol. The number of hydrogen-bond donors (Lipinski definition) is 1. The van der Waals surface area contributed by atoms with Gasteiger partial charge in [0.1, 0.15) is 11.9 Å². The Hall–Kier alpha value is -2.93. The van der Waals surface area contributed by atoms with Crippen LogP contribution in [0.15, 0.2) is 45.6 Å². The third-order valence-corrected chi connectivity index (χ3v) is 6.20.